The molecule has 35 heavy (non-hydrogen) atoms. The molecule has 0 aliphatic heterocycles. The number of halogens is 2. The van der Waals surface area contributed by atoms with Gasteiger partial charge in [-0.05, 0) is 23.5 Å². The minimum atomic E-state index is -0.826. The Morgan fingerprint density at radius 2 is 1.51 bits per heavy atom. The van der Waals surface area contributed by atoms with Crippen LogP contribution >= 0.6 is 17.0 Å². The molecule has 0 fully saturated rings. The predicted molar refractivity (Wildman–Crippen MR) is 157 cm³/mol. The summed E-state index contributed by atoms with van der Waals surface area (Å²) < 4.78 is 0. The molecule has 0 bridgehead atoms. The Morgan fingerprint density at radius 1 is 0.886 bits per heavy atom. The van der Waals surface area contributed by atoms with E-state index >= 15 is 0 Å². The third-order valence-corrected chi connectivity index (χ3v) is 5.85. The van der Waals surface area contributed by atoms with Crippen molar-refractivity contribution in [3.8, 4) is 11.1 Å². The molecule has 0 saturated carbocycles. The Labute approximate surface area is 232 Å². The number of hydrogen-bond acceptors (Lipinski definition) is 0. The standard InChI is InChI=1S/C20H21.C9H7.C2H6Si.2ClH.Zr/c1-4-15(3)16-8-10-17(11-9-16)19-7-5-6-18-12-14(2)13-20(18)19;1-2-5-9-7-3-6-8(9)4-1;1-3-2;;;/h5-13,15H,4H2,1-3H3;1-7H;1-2H3;2*1H;/q2*-1;;;;+4/p-2. The number of hydrogen-bond donors (Lipinski definition) is 0. The van der Waals surface area contributed by atoms with Gasteiger partial charge >= 0.3 is 37.9 Å². The van der Waals surface area contributed by atoms with E-state index in [2.05, 4.69) is 131 Å². The molecule has 5 aromatic carbocycles. The minimum Gasteiger partial charge on any atom is -0.168 e. The molecule has 1 atom stereocenters. The Kier molecular flexibility index (Phi) is 13.9. The number of fused-ring (bicyclic) bond motifs is 2. The summed E-state index contributed by atoms with van der Waals surface area (Å²) in [7, 11) is 11.0. The Bertz CT molecular complexity index is 1220. The van der Waals surface area contributed by atoms with Crippen LogP contribution in [0.1, 0.15) is 37.3 Å². The van der Waals surface area contributed by atoms with Gasteiger partial charge in [0.2, 0.25) is 0 Å². The van der Waals surface area contributed by atoms with Gasteiger partial charge in [-0.1, -0.05) is 75.8 Å². The van der Waals surface area contributed by atoms with E-state index in [1.54, 1.807) is 0 Å². The van der Waals surface area contributed by atoms with E-state index < -0.39 is 20.8 Å². The fourth-order valence-electron chi connectivity index (χ4n) is 3.93. The molecule has 1 unspecified atom stereocenters. The molecular weight excluding hydrogens is 563 g/mol. The maximum atomic E-state index is 4.93. The maximum absolute atomic E-state index is 4.93. The fourth-order valence-corrected chi connectivity index (χ4v) is 3.93. The van der Waals surface area contributed by atoms with Crippen LogP contribution in [0, 0.1) is 6.92 Å². The van der Waals surface area contributed by atoms with Gasteiger partial charge in [0.05, 0.1) is 0 Å². The van der Waals surface area contributed by atoms with E-state index in [1.807, 2.05) is 0 Å². The van der Waals surface area contributed by atoms with Gasteiger partial charge in [-0.15, -0.1) is 64.2 Å². The summed E-state index contributed by atoms with van der Waals surface area (Å²) in [6, 6.07) is 34.9. The second kappa shape index (κ2) is 16.3. The summed E-state index contributed by atoms with van der Waals surface area (Å²) in [4.78, 5) is 0. The van der Waals surface area contributed by atoms with Gasteiger partial charge in [-0.3, -0.25) is 0 Å². The molecule has 0 nitrogen and oxygen atoms in total. The van der Waals surface area contributed by atoms with Crippen LogP contribution in [0.25, 0.3) is 32.7 Å². The molecule has 0 N–H and O–H groups in total. The van der Waals surface area contributed by atoms with Gasteiger partial charge in [-0.2, -0.15) is 23.6 Å². The third kappa shape index (κ3) is 9.18. The van der Waals surface area contributed by atoms with Crippen molar-refractivity contribution in [3.63, 3.8) is 0 Å². The summed E-state index contributed by atoms with van der Waals surface area (Å²) in [6.45, 7) is 11.0. The van der Waals surface area contributed by atoms with Gasteiger partial charge in [0.15, 0.2) is 0 Å². The molecular formula is C31H34Cl2SiZr. The first kappa shape index (κ1) is 29.8. The molecule has 5 rings (SSSR count). The molecule has 4 heteroatoms. The van der Waals surface area contributed by atoms with Crippen LogP contribution in [0.5, 0.6) is 0 Å². The number of aryl methyl sites for hydroxylation is 1. The molecule has 2 radical (unpaired) electrons. The average molecular weight is 597 g/mol. The van der Waals surface area contributed by atoms with Crippen molar-refractivity contribution in [1.82, 2.24) is 0 Å². The smallest absolute Gasteiger partial charge is 0.0809 e. The summed E-state index contributed by atoms with van der Waals surface area (Å²) in [5, 5.41) is 5.36. The second-order valence-corrected chi connectivity index (χ2v) is 13.2. The van der Waals surface area contributed by atoms with Gasteiger partial charge in [0.1, 0.15) is 0 Å². The Morgan fingerprint density at radius 3 is 2.14 bits per heavy atom. The molecule has 0 amide bonds. The SMILES string of the molecule is CCC(C)c1ccc(-c2cccc3[cH-]c(C)cc23)cc1.C[Si]C.[Cl][Zr+2][Cl].c1ccc2[cH-]ccc2c1. The van der Waals surface area contributed by atoms with Crippen LogP contribution in [0.15, 0.2) is 97.1 Å². The largest absolute Gasteiger partial charge is 0.168 e. The molecule has 0 heterocycles. The van der Waals surface area contributed by atoms with Crippen molar-refractivity contribution >= 4 is 48.1 Å². The molecule has 5 aromatic rings. The molecule has 0 aliphatic rings. The molecule has 0 aliphatic carbocycles. The Balaban J connectivity index is 0.000000237. The zero-order valence-corrected chi connectivity index (χ0v) is 26.2. The number of rotatable bonds is 3. The first-order chi connectivity index (χ1) is 17.0. The van der Waals surface area contributed by atoms with Crippen LogP contribution in [-0.4, -0.2) is 9.52 Å². The zero-order chi connectivity index (χ0) is 25.6. The molecule has 0 saturated heterocycles. The van der Waals surface area contributed by atoms with Gasteiger partial charge in [0, 0.05) is 9.52 Å². The summed E-state index contributed by atoms with van der Waals surface area (Å²) in [5.74, 6) is 0.640. The second-order valence-electron chi connectivity index (χ2n) is 8.50. The van der Waals surface area contributed by atoms with Crippen molar-refractivity contribution < 1.29 is 20.8 Å². The van der Waals surface area contributed by atoms with Gasteiger partial charge in [-0.25, -0.2) is 0 Å². The molecule has 0 spiro atoms. The van der Waals surface area contributed by atoms with Crippen LogP contribution in [0.3, 0.4) is 0 Å². The van der Waals surface area contributed by atoms with Crippen molar-refractivity contribution in [1.29, 1.82) is 0 Å². The Hall–Kier alpha value is -1.44. The topological polar surface area (TPSA) is 0 Å². The van der Waals surface area contributed by atoms with Crippen molar-refractivity contribution in [2.45, 2.75) is 46.2 Å². The third-order valence-electron chi connectivity index (χ3n) is 5.85. The monoisotopic (exact) mass is 594 g/mol. The van der Waals surface area contributed by atoms with Crippen LogP contribution in [-0.2, 0) is 20.8 Å². The number of benzene rings is 3. The van der Waals surface area contributed by atoms with Gasteiger partial charge < -0.3 is 0 Å². The summed E-state index contributed by atoms with van der Waals surface area (Å²) >= 11 is -0.826. The van der Waals surface area contributed by atoms with Crippen molar-refractivity contribution in [2.75, 3.05) is 0 Å². The van der Waals surface area contributed by atoms with E-state index in [0.29, 0.717) is 5.92 Å². The normalized spacial score (nSPS) is 10.7. The summed E-state index contributed by atoms with van der Waals surface area (Å²) in [5.41, 5.74) is 5.42. The first-order valence-corrected chi connectivity index (χ1v) is 20.2. The van der Waals surface area contributed by atoms with Crippen LogP contribution in [0.2, 0.25) is 13.1 Å². The predicted octanol–water partition coefficient (Wildman–Crippen LogP) is 10.8. The molecule has 180 valence electrons. The van der Waals surface area contributed by atoms with E-state index in [-0.39, 0.29) is 0 Å². The van der Waals surface area contributed by atoms with Crippen LogP contribution < -0.4 is 0 Å². The van der Waals surface area contributed by atoms with Crippen molar-refractivity contribution in [2.24, 2.45) is 0 Å². The van der Waals surface area contributed by atoms with E-state index in [4.69, 9.17) is 17.0 Å². The first-order valence-electron chi connectivity index (χ1n) is 11.9. The summed E-state index contributed by atoms with van der Waals surface area (Å²) in [6.07, 6.45) is 1.19. The average Bonchev–Trinajstić information content (AvgIpc) is 3.50. The zero-order valence-electron chi connectivity index (χ0n) is 21.3. The van der Waals surface area contributed by atoms with E-state index in [0.717, 1.165) is 9.52 Å². The quantitative estimate of drug-likeness (QED) is 0.144. The fraction of sp³-hybridized carbons (Fsp3) is 0.226. The minimum absolute atomic E-state index is 0.640. The molecule has 0 aromatic heterocycles. The van der Waals surface area contributed by atoms with E-state index in [9.17, 15) is 0 Å². The van der Waals surface area contributed by atoms with E-state index in [1.165, 1.54) is 50.2 Å². The van der Waals surface area contributed by atoms with Crippen molar-refractivity contribution in [3.05, 3.63) is 108 Å². The maximum Gasteiger partial charge on any atom is -0.0809 e. The van der Waals surface area contributed by atoms with Crippen LogP contribution in [0.4, 0.5) is 0 Å². The van der Waals surface area contributed by atoms with Gasteiger partial charge in [0.25, 0.3) is 0 Å².